The van der Waals surface area contributed by atoms with E-state index in [0.717, 1.165) is 29.1 Å². The molecule has 0 spiro atoms. The van der Waals surface area contributed by atoms with Crippen LogP contribution < -0.4 is 11.1 Å². The maximum atomic E-state index is 11.7. The second-order valence-corrected chi connectivity index (χ2v) is 5.68. The van der Waals surface area contributed by atoms with E-state index in [4.69, 9.17) is 17.3 Å². The summed E-state index contributed by atoms with van der Waals surface area (Å²) in [5, 5.41) is 7.88. The number of aromatic nitrogens is 2. The van der Waals surface area contributed by atoms with Gasteiger partial charge < -0.3 is 11.1 Å². The van der Waals surface area contributed by atoms with Crippen molar-refractivity contribution in [3.8, 4) is 5.69 Å². The lowest BCUT2D eigenvalue weighted by atomic mass is 10.1. The largest absolute Gasteiger partial charge is 0.324 e. The lowest BCUT2D eigenvalue weighted by Crippen LogP contribution is -2.19. The second-order valence-electron chi connectivity index (χ2n) is 5.27. The van der Waals surface area contributed by atoms with Crippen molar-refractivity contribution in [1.82, 2.24) is 9.78 Å². The van der Waals surface area contributed by atoms with E-state index in [9.17, 15) is 4.79 Å². The van der Waals surface area contributed by atoms with Crippen molar-refractivity contribution in [2.24, 2.45) is 5.73 Å². The van der Waals surface area contributed by atoms with Crippen molar-refractivity contribution < 1.29 is 4.79 Å². The maximum Gasteiger partial charge on any atom is 0.245 e. The summed E-state index contributed by atoms with van der Waals surface area (Å²) in [6, 6.07) is 2.93. The molecule has 1 aliphatic rings. The third-order valence-corrected chi connectivity index (χ3v) is 4.32. The van der Waals surface area contributed by atoms with Gasteiger partial charge in [0.1, 0.15) is 6.04 Å². The summed E-state index contributed by atoms with van der Waals surface area (Å²) >= 11 is 6.38. The first-order chi connectivity index (χ1) is 9.93. The van der Waals surface area contributed by atoms with Crippen LogP contribution in [0, 0.1) is 13.8 Å². The average molecular weight is 305 g/mol. The van der Waals surface area contributed by atoms with Gasteiger partial charge >= 0.3 is 0 Å². The van der Waals surface area contributed by atoms with Crippen LogP contribution in [0.4, 0.5) is 5.69 Å². The van der Waals surface area contributed by atoms with Gasteiger partial charge in [-0.1, -0.05) is 18.5 Å². The number of rotatable bonds is 2. The summed E-state index contributed by atoms with van der Waals surface area (Å²) in [5.74, 6) is -0.208. The maximum absolute atomic E-state index is 11.7. The van der Waals surface area contributed by atoms with E-state index < -0.39 is 6.04 Å². The molecule has 6 heteroatoms. The monoisotopic (exact) mass is 304 g/mol. The van der Waals surface area contributed by atoms with Crippen LogP contribution in [-0.2, 0) is 11.2 Å². The molecule has 110 valence electrons. The average Bonchev–Trinajstić information content (AvgIpc) is 2.87. The van der Waals surface area contributed by atoms with Gasteiger partial charge in [0.15, 0.2) is 0 Å². The third kappa shape index (κ3) is 2.04. The molecule has 0 fully saturated rings. The van der Waals surface area contributed by atoms with Crippen LogP contribution in [0.3, 0.4) is 0 Å². The number of nitrogens with one attached hydrogen (secondary N) is 1. The molecule has 0 bridgehead atoms. The number of aryl methyl sites for hydroxylation is 1. The SMILES string of the molecule is CCc1c(C)nn(-c2cc3c(cc2Cl)C(N)C(=O)N3)c1C. The topological polar surface area (TPSA) is 72.9 Å². The fourth-order valence-corrected chi connectivity index (χ4v) is 3.13. The van der Waals surface area contributed by atoms with Gasteiger partial charge in [-0.05, 0) is 38.0 Å². The minimum absolute atomic E-state index is 0.208. The molecule has 1 atom stereocenters. The molecule has 1 amide bonds. The lowest BCUT2D eigenvalue weighted by Gasteiger charge is -2.10. The van der Waals surface area contributed by atoms with Gasteiger partial charge in [-0.25, -0.2) is 4.68 Å². The number of nitrogens with two attached hydrogens (primary N) is 1. The normalized spacial score (nSPS) is 17.0. The Morgan fingerprint density at radius 2 is 2.14 bits per heavy atom. The van der Waals surface area contributed by atoms with Crippen molar-refractivity contribution in [2.45, 2.75) is 33.2 Å². The zero-order valence-corrected chi connectivity index (χ0v) is 13.0. The smallest absolute Gasteiger partial charge is 0.245 e. The van der Waals surface area contributed by atoms with E-state index in [1.165, 1.54) is 5.56 Å². The molecule has 2 aromatic rings. The van der Waals surface area contributed by atoms with E-state index in [2.05, 4.69) is 17.3 Å². The molecule has 1 aromatic carbocycles. The molecule has 1 unspecified atom stereocenters. The van der Waals surface area contributed by atoms with Crippen molar-refractivity contribution in [2.75, 3.05) is 5.32 Å². The number of fused-ring (bicyclic) bond motifs is 1. The first kappa shape index (κ1) is 14.1. The molecule has 5 nitrogen and oxygen atoms in total. The minimum Gasteiger partial charge on any atom is -0.324 e. The Morgan fingerprint density at radius 1 is 1.43 bits per heavy atom. The number of hydrogen-bond donors (Lipinski definition) is 2. The highest BCUT2D eigenvalue weighted by Gasteiger charge is 2.29. The quantitative estimate of drug-likeness (QED) is 0.896. The van der Waals surface area contributed by atoms with Gasteiger partial charge in [-0.3, -0.25) is 4.79 Å². The number of benzene rings is 1. The van der Waals surface area contributed by atoms with Crippen LogP contribution in [0.2, 0.25) is 5.02 Å². The summed E-state index contributed by atoms with van der Waals surface area (Å²) in [6.45, 7) is 6.11. The van der Waals surface area contributed by atoms with Crippen molar-refractivity contribution in [1.29, 1.82) is 0 Å². The zero-order valence-electron chi connectivity index (χ0n) is 12.2. The highest BCUT2D eigenvalue weighted by Crippen LogP contribution is 2.36. The van der Waals surface area contributed by atoms with Gasteiger partial charge in [0.05, 0.1) is 16.4 Å². The number of carbonyl (C=O) groups is 1. The van der Waals surface area contributed by atoms with Crippen molar-refractivity contribution in [3.63, 3.8) is 0 Å². The molecule has 0 saturated carbocycles. The Labute approximate surface area is 128 Å². The van der Waals surface area contributed by atoms with Crippen LogP contribution >= 0.6 is 11.6 Å². The van der Waals surface area contributed by atoms with Gasteiger partial charge in [0.2, 0.25) is 5.91 Å². The number of anilines is 1. The van der Waals surface area contributed by atoms with Gasteiger partial charge in [0, 0.05) is 16.9 Å². The number of amides is 1. The molecule has 3 N–H and O–H groups in total. The summed E-state index contributed by atoms with van der Waals surface area (Å²) in [5.41, 5.74) is 11.3. The van der Waals surface area contributed by atoms with Gasteiger partial charge in [-0.15, -0.1) is 0 Å². The Balaban J connectivity index is 2.17. The van der Waals surface area contributed by atoms with Crippen LogP contribution in [-0.4, -0.2) is 15.7 Å². The predicted octanol–water partition coefficient (Wildman–Crippen LogP) is 2.66. The minimum atomic E-state index is -0.654. The van der Waals surface area contributed by atoms with Crippen LogP contribution in [0.5, 0.6) is 0 Å². The Morgan fingerprint density at radius 3 is 2.76 bits per heavy atom. The van der Waals surface area contributed by atoms with Crippen LogP contribution in [0.1, 0.15) is 35.5 Å². The van der Waals surface area contributed by atoms with E-state index in [-0.39, 0.29) is 5.91 Å². The number of carbonyl (C=O) groups excluding carboxylic acids is 1. The summed E-state index contributed by atoms with van der Waals surface area (Å²) in [6.07, 6.45) is 0.918. The third-order valence-electron chi connectivity index (χ3n) is 4.02. The molecule has 21 heavy (non-hydrogen) atoms. The number of hydrogen-bond acceptors (Lipinski definition) is 3. The highest BCUT2D eigenvalue weighted by molar-refractivity contribution is 6.32. The standard InChI is InChI=1S/C15H17ClN4O/c1-4-9-7(2)19-20(8(9)3)13-6-12-10(5-11(13)16)14(17)15(21)18-12/h5-6,14H,4,17H2,1-3H3,(H,18,21). The lowest BCUT2D eigenvalue weighted by molar-refractivity contribution is -0.116. The molecular weight excluding hydrogens is 288 g/mol. The first-order valence-electron chi connectivity index (χ1n) is 6.89. The Hall–Kier alpha value is -1.85. The molecule has 0 aliphatic carbocycles. The molecule has 0 saturated heterocycles. The first-order valence-corrected chi connectivity index (χ1v) is 7.27. The van der Waals surface area contributed by atoms with E-state index >= 15 is 0 Å². The van der Waals surface area contributed by atoms with Gasteiger partial charge in [0.25, 0.3) is 0 Å². The molecule has 2 heterocycles. The van der Waals surface area contributed by atoms with Crippen LogP contribution in [0.25, 0.3) is 5.69 Å². The fourth-order valence-electron chi connectivity index (χ4n) is 2.88. The number of halogens is 1. The summed E-state index contributed by atoms with van der Waals surface area (Å²) in [4.78, 5) is 11.7. The predicted molar refractivity (Wildman–Crippen MR) is 83.0 cm³/mol. The molecule has 1 aromatic heterocycles. The number of nitrogens with zero attached hydrogens (tertiary/aromatic N) is 2. The summed E-state index contributed by atoms with van der Waals surface area (Å²) in [7, 11) is 0. The van der Waals surface area contributed by atoms with Crippen molar-refractivity contribution in [3.05, 3.63) is 39.7 Å². The molecule has 3 rings (SSSR count). The zero-order chi connectivity index (χ0) is 15.3. The summed E-state index contributed by atoms with van der Waals surface area (Å²) < 4.78 is 1.83. The Bertz CT molecular complexity index is 751. The molecule has 0 radical (unpaired) electrons. The Kier molecular flexibility index (Phi) is 3.26. The van der Waals surface area contributed by atoms with Crippen LogP contribution in [0.15, 0.2) is 12.1 Å². The van der Waals surface area contributed by atoms with Gasteiger partial charge in [-0.2, -0.15) is 5.10 Å². The molecular formula is C15H17ClN4O. The van der Waals surface area contributed by atoms with E-state index in [1.54, 1.807) is 6.07 Å². The van der Waals surface area contributed by atoms with Crippen molar-refractivity contribution >= 4 is 23.2 Å². The fraction of sp³-hybridized carbons (Fsp3) is 0.333. The molecule has 1 aliphatic heterocycles. The van der Waals surface area contributed by atoms with E-state index in [0.29, 0.717) is 10.7 Å². The highest BCUT2D eigenvalue weighted by atomic mass is 35.5. The van der Waals surface area contributed by atoms with E-state index in [1.807, 2.05) is 24.6 Å². The second kappa shape index (κ2) is 4.86.